The van der Waals surface area contributed by atoms with Gasteiger partial charge >= 0.3 is 0 Å². The van der Waals surface area contributed by atoms with Crippen molar-refractivity contribution in [1.82, 2.24) is 14.9 Å². The number of aryl methyl sites for hydroxylation is 2. The molecule has 0 radical (unpaired) electrons. The van der Waals surface area contributed by atoms with Crippen LogP contribution in [0.2, 0.25) is 0 Å². The fourth-order valence-corrected chi connectivity index (χ4v) is 4.43. The van der Waals surface area contributed by atoms with Crippen LogP contribution in [0.4, 0.5) is 0 Å². The van der Waals surface area contributed by atoms with Crippen molar-refractivity contribution in [3.05, 3.63) is 39.8 Å². The lowest BCUT2D eigenvalue weighted by atomic mass is 9.99. The first-order chi connectivity index (χ1) is 11.3. The lowest BCUT2D eigenvalue weighted by molar-refractivity contribution is 0.605. The number of nitrogens with zero attached hydrogens (tertiary/aromatic N) is 2. The quantitative estimate of drug-likeness (QED) is 0.771. The molecule has 4 heteroatoms. The number of hydrogen-bond donors (Lipinski definition) is 1. The minimum Gasteiger partial charge on any atom is -0.330 e. The maximum atomic E-state index is 5.05. The van der Waals surface area contributed by atoms with Crippen molar-refractivity contribution in [2.24, 2.45) is 0 Å². The third kappa shape index (κ3) is 2.41. The second-order valence-corrected chi connectivity index (χ2v) is 7.00. The molecule has 4 rings (SSSR count). The molecule has 0 fully saturated rings. The molecule has 0 atom stereocenters. The van der Waals surface area contributed by atoms with Gasteiger partial charge in [-0.15, -0.1) is 0 Å². The second kappa shape index (κ2) is 6.10. The van der Waals surface area contributed by atoms with E-state index in [-0.39, 0.29) is 0 Å². The molecule has 0 aromatic carbocycles. The Morgan fingerprint density at radius 3 is 3.00 bits per heavy atom. The third-order valence-corrected chi connectivity index (χ3v) is 5.46. The maximum Gasteiger partial charge on any atom is 0.141 e. The van der Waals surface area contributed by atoms with Gasteiger partial charge in [0.25, 0.3) is 0 Å². The van der Waals surface area contributed by atoms with Gasteiger partial charge in [0.1, 0.15) is 5.65 Å². The molecule has 3 aromatic heterocycles. The molecule has 120 valence electrons. The monoisotopic (exact) mass is 325 g/mol. The predicted octanol–water partition coefficient (Wildman–Crippen LogP) is 4.38. The van der Waals surface area contributed by atoms with E-state index in [1.807, 2.05) is 0 Å². The molecule has 0 aliphatic carbocycles. The van der Waals surface area contributed by atoms with Gasteiger partial charge in [-0.2, -0.15) is 11.3 Å². The van der Waals surface area contributed by atoms with E-state index in [0.29, 0.717) is 0 Å². The molecule has 0 amide bonds. The van der Waals surface area contributed by atoms with Gasteiger partial charge in [-0.1, -0.05) is 13.3 Å². The van der Waals surface area contributed by atoms with E-state index in [4.69, 9.17) is 4.98 Å². The number of fused-ring (bicyclic) bond motifs is 3. The second-order valence-electron chi connectivity index (χ2n) is 6.22. The highest BCUT2D eigenvalue weighted by atomic mass is 32.1. The van der Waals surface area contributed by atoms with Gasteiger partial charge in [-0.25, -0.2) is 4.98 Å². The van der Waals surface area contributed by atoms with Crippen molar-refractivity contribution in [3.63, 3.8) is 0 Å². The highest BCUT2D eigenvalue weighted by Gasteiger charge is 2.23. The lowest BCUT2D eigenvalue weighted by Crippen LogP contribution is -2.24. The zero-order valence-electron chi connectivity index (χ0n) is 13.9. The average Bonchev–Trinajstić information content (AvgIpc) is 3.20. The van der Waals surface area contributed by atoms with Crippen LogP contribution < -0.4 is 5.32 Å². The summed E-state index contributed by atoms with van der Waals surface area (Å²) < 4.78 is 2.44. The summed E-state index contributed by atoms with van der Waals surface area (Å²) in [4.78, 5) is 5.05. The highest BCUT2D eigenvalue weighted by molar-refractivity contribution is 7.08. The molecule has 0 unspecified atom stereocenters. The third-order valence-electron chi connectivity index (χ3n) is 4.78. The summed E-state index contributed by atoms with van der Waals surface area (Å²) in [7, 11) is 0. The molecule has 23 heavy (non-hydrogen) atoms. The van der Waals surface area contributed by atoms with E-state index in [1.165, 1.54) is 39.1 Å². The minimum atomic E-state index is 0.963. The number of nitrogens with one attached hydrogen (secondary N) is 1. The lowest BCUT2D eigenvalue weighted by Gasteiger charge is -2.16. The van der Waals surface area contributed by atoms with Gasteiger partial charge in [0.2, 0.25) is 0 Å². The summed E-state index contributed by atoms with van der Waals surface area (Å²) in [5.41, 5.74) is 8.06. The van der Waals surface area contributed by atoms with E-state index in [2.05, 4.69) is 46.6 Å². The predicted molar refractivity (Wildman–Crippen MR) is 98.1 cm³/mol. The number of thiophene rings is 1. The molecule has 1 N–H and O–H groups in total. The first kappa shape index (κ1) is 14.9. The molecule has 3 nitrogen and oxygen atoms in total. The fourth-order valence-electron chi connectivity index (χ4n) is 3.78. The molecule has 1 aliphatic rings. The van der Waals surface area contributed by atoms with Crippen LogP contribution in [0.25, 0.3) is 22.2 Å². The standard InChI is InChI=1S/C19H23N3S/c1-3-5-14-10-15(13-7-9-23-12-13)18-16-11-20-8-6-17(16)22(4-2)19(18)21-14/h7,9-10,12,20H,3-6,8,11H2,1-2H3. The Bertz CT molecular complexity index is 830. The van der Waals surface area contributed by atoms with Crippen molar-refractivity contribution in [2.75, 3.05) is 6.54 Å². The summed E-state index contributed by atoms with van der Waals surface area (Å²) in [6.07, 6.45) is 3.28. The van der Waals surface area contributed by atoms with Crippen molar-refractivity contribution in [2.45, 2.75) is 46.2 Å². The zero-order valence-corrected chi connectivity index (χ0v) is 14.7. The Kier molecular flexibility index (Phi) is 3.95. The van der Waals surface area contributed by atoms with E-state index in [1.54, 1.807) is 11.3 Å². The summed E-state index contributed by atoms with van der Waals surface area (Å²) in [6, 6.07) is 4.56. The Hall–Kier alpha value is -1.65. The molecule has 0 saturated heterocycles. The molecular weight excluding hydrogens is 302 g/mol. The van der Waals surface area contributed by atoms with Crippen LogP contribution in [0.3, 0.4) is 0 Å². The van der Waals surface area contributed by atoms with Crippen molar-refractivity contribution in [3.8, 4) is 11.1 Å². The SMILES string of the molecule is CCCc1cc(-c2ccsc2)c2c3c(n(CC)c2n1)CCNC3. The van der Waals surface area contributed by atoms with Crippen molar-refractivity contribution >= 4 is 22.4 Å². The van der Waals surface area contributed by atoms with Crippen molar-refractivity contribution in [1.29, 1.82) is 0 Å². The van der Waals surface area contributed by atoms with E-state index in [9.17, 15) is 0 Å². The minimum absolute atomic E-state index is 0.963. The Morgan fingerprint density at radius 1 is 1.35 bits per heavy atom. The van der Waals surface area contributed by atoms with Crippen molar-refractivity contribution < 1.29 is 0 Å². The molecule has 0 bridgehead atoms. The van der Waals surface area contributed by atoms with Gasteiger partial charge in [0, 0.05) is 42.8 Å². The maximum absolute atomic E-state index is 5.05. The molecule has 1 aliphatic heterocycles. The molecular formula is C19H23N3S. The number of aromatic nitrogens is 2. The fraction of sp³-hybridized carbons (Fsp3) is 0.421. The topological polar surface area (TPSA) is 29.9 Å². The van der Waals surface area contributed by atoms with Crippen LogP contribution in [0.15, 0.2) is 22.9 Å². The molecule has 0 spiro atoms. The van der Waals surface area contributed by atoms with Crippen LogP contribution >= 0.6 is 11.3 Å². The smallest absolute Gasteiger partial charge is 0.141 e. The van der Waals surface area contributed by atoms with Gasteiger partial charge in [0.05, 0.1) is 0 Å². The number of rotatable bonds is 4. The first-order valence-electron chi connectivity index (χ1n) is 8.60. The summed E-state index contributed by atoms with van der Waals surface area (Å²) in [5, 5.41) is 9.34. The summed E-state index contributed by atoms with van der Waals surface area (Å²) >= 11 is 1.77. The summed E-state index contributed by atoms with van der Waals surface area (Å²) in [5.74, 6) is 0. The van der Waals surface area contributed by atoms with Crippen LogP contribution in [0.5, 0.6) is 0 Å². The van der Waals surface area contributed by atoms with Crippen LogP contribution in [-0.4, -0.2) is 16.1 Å². The Balaban J connectivity index is 2.07. The van der Waals surface area contributed by atoms with Gasteiger partial charge in [-0.05, 0) is 52.9 Å². The van der Waals surface area contributed by atoms with E-state index in [0.717, 1.165) is 38.9 Å². The Morgan fingerprint density at radius 2 is 2.26 bits per heavy atom. The largest absolute Gasteiger partial charge is 0.330 e. The van der Waals surface area contributed by atoms with Crippen LogP contribution in [-0.2, 0) is 25.9 Å². The van der Waals surface area contributed by atoms with Crippen LogP contribution in [0.1, 0.15) is 37.2 Å². The number of pyridine rings is 1. The van der Waals surface area contributed by atoms with Crippen LogP contribution in [0, 0.1) is 0 Å². The summed E-state index contributed by atoms with van der Waals surface area (Å²) in [6.45, 7) is 7.49. The average molecular weight is 325 g/mol. The van der Waals surface area contributed by atoms with Gasteiger partial charge in [0.15, 0.2) is 0 Å². The molecule has 0 saturated carbocycles. The number of hydrogen-bond acceptors (Lipinski definition) is 3. The molecule has 4 heterocycles. The van der Waals surface area contributed by atoms with E-state index < -0.39 is 0 Å². The zero-order chi connectivity index (χ0) is 15.8. The van der Waals surface area contributed by atoms with Gasteiger partial charge in [-0.3, -0.25) is 0 Å². The highest BCUT2D eigenvalue weighted by Crippen LogP contribution is 2.37. The molecule has 3 aromatic rings. The normalized spacial score (nSPS) is 14.3. The van der Waals surface area contributed by atoms with Gasteiger partial charge < -0.3 is 9.88 Å². The first-order valence-corrected chi connectivity index (χ1v) is 9.54. The van der Waals surface area contributed by atoms with E-state index >= 15 is 0 Å². The Labute approximate surface area is 141 Å².